The highest BCUT2D eigenvalue weighted by atomic mass is 16.3. The Morgan fingerprint density at radius 1 is 1.31 bits per heavy atom. The standard InChI is InChI=1S/C21H30O5/c1-13-15(10-16(23)11-18(13)24)6-5-14-4-3-8-20(2)17(14)7-9-21(20,26)19(25)12-22/h5-6,16-18,22-24,26H,1,3-4,7-12H2,2H3/b14-5+,15-6-/t16?,17?,18-,20-,21-/m0/s1. The molecule has 0 amide bonds. The third kappa shape index (κ3) is 3.01. The number of hydrogen-bond donors (Lipinski definition) is 4. The summed E-state index contributed by atoms with van der Waals surface area (Å²) >= 11 is 0. The van der Waals surface area contributed by atoms with Crippen LogP contribution in [-0.2, 0) is 4.79 Å². The van der Waals surface area contributed by atoms with Crippen LogP contribution in [0.1, 0.15) is 51.9 Å². The average Bonchev–Trinajstić information content (AvgIpc) is 2.89. The highest BCUT2D eigenvalue weighted by Gasteiger charge is 2.61. The molecule has 0 aromatic heterocycles. The number of Topliss-reactive ketones (excluding diaryl/α,β-unsaturated/α-hetero) is 1. The highest BCUT2D eigenvalue weighted by Crippen LogP contribution is 2.59. The smallest absolute Gasteiger partial charge is 0.190 e. The first-order valence-corrected chi connectivity index (χ1v) is 9.54. The molecule has 26 heavy (non-hydrogen) atoms. The minimum atomic E-state index is -1.46. The van der Waals surface area contributed by atoms with E-state index in [1.54, 1.807) is 0 Å². The van der Waals surface area contributed by atoms with Gasteiger partial charge < -0.3 is 20.4 Å². The van der Waals surface area contributed by atoms with Crippen LogP contribution in [0.4, 0.5) is 0 Å². The van der Waals surface area contributed by atoms with Crippen LogP contribution < -0.4 is 0 Å². The van der Waals surface area contributed by atoms with Crippen molar-refractivity contribution in [1.82, 2.24) is 0 Å². The van der Waals surface area contributed by atoms with Gasteiger partial charge in [-0.25, -0.2) is 0 Å². The molecular weight excluding hydrogens is 332 g/mol. The van der Waals surface area contributed by atoms with Crippen LogP contribution in [-0.4, -0.2) is 50.6 Å². The molecule has 5 nitrogen and oxygen atoms in total. The lowest BCUT2D eigenvalue weighted by molar-refractivity contribution is -0.154. The summed E-state index contributed by atoms with van der Waals surface area (Å²) in [4.78, 5) is 12.2. The van der Waals surface area contributed by atoms with Crippen molar-refractivity contribution in [3.8, 4) is 0 Å². The predicted octanol–water partition coefficient (Wildman–Crippen LogP) is 1.80. The van der Waals surface area contributed by atoms with Crippen LogP contribution in [0, 0.1) is 11.3 Å². The number of allylic oxidation sites excluding steroid dienone is 3. The first kappa shape index (κ1) is 19.5. The number of fused-ring (bicyclic) bond motifs is 1. The van der Waals surface area contributed by atoms with Gasteiger partial charge in [-0.05, 0) is 55.6 Å². The van der Waals surface area contributed by atoms with E-state index in [4.69, 9.17) is 0 Å². The Bertz CT molecular complexity index is 663. The number of rotatable bonds is 3. The molecule has 3 fully saturated rings. The van der Waals surface area contributed by atoms with E-state index in [2.05, 4.69) is 6.58 Å². The van der Waals surface area contributed by atoms with Gasteiger partial charge in [0, 0.05) is 11.8 Å². The Balaban J connectivity index is 1.88. The third-order valence-corrected chi connectivity index (χ3v) is 6.99. The molecule has 3 rings (SSSR count). The molecule has 4 N–H and O–H groups in total. The van der Waals surface area contributed by atoms with Gasteiger partial charge in [0.25, 0.3) is 0 Å². The lowest BCUT2D eigenvalue weighted by atomic mass is 9.60. The van der Waals surface area contributed by atoms with E-state index in [0.717, 1.165) is 31.3 Å². The maximum absolute atomic E-state index is 12.2. The summed E-state index contributed by atoms with van der Waals surface area (Å²) in [6, 6.07) is 0. The third-order valence-electron chi connectivity index (χ3n) is 6.99. The van der Waals surface area contributed by atoms with Gasteiger partial charge >= 0.3 is 0 Å². The van der Waals surface area contributed by atoms with Gasteiger partial charge in [0.2, 0.25) is 0 Å². The summed E-state index contributed by atoms with van der Waals surface area (Å²) in [5.41, 5.74) is 0.688. The molecule has 0 saturated heterocycles. The minimum Gasteiger partial charge on any atom is -0.393 e. The van der Waals surface area contributed by atoms with Crippen molar-refractivity contribution in [3.05, 3.63) is 35.5 Å². The molecule has 0 radical (unpaired) electrons. The van der Waals surface area contributed by atoms with Crippen LogP contribution in [0.5, 0.6) is 0 Å². The largest absolute Gasteiger partial charge is 0.393 e. The van der Waals surface area contributed by atoms with Crippen LogP contribution in [0.2, 0.25) is 0 Å². The summed E-state index contributed by atoms with van der Waals surface area (Å²) in [6.07, 6.45) is 7.15. The van der Waals surface area contributed by atoms with Crippen LogP contribution in [0.25, 0.3) is 0 Å². The summed E-state index contributed by atoms with van der Waals surface area (Å²) in [6.45, 7) is 5.28. The van der Waals surface area contributed by atoms with Crippen molar-refractivity contribution in [2.45, 2.75) is 69.7 Å². The van der Waals surface area contributed by atoms with Crippen LogP contribution >= 0.6 is 0 Å². The molecule has 0 aromatic rings. The molecule has 0 aromatic carbocycles. The molecule has 0 spiro atoms. The van der Waals surface area contributed by atoms with Crippen molar-refractivity contribution in [2.75, 3.05) is 6.61 Å². The van der Waals surface area contributed by atoms with E-state index in [-0.39, 0.29) is 5.92 Å². The molecule has 144 valence electrons. The van der Waals surface area contributed by atoms with E-state index < -0.39 is 35.6 Å². The molecule has 5 heteroatoms. The topological polar surface area (TPSA) is 98.0 Å². The van der Waals surface area contributed by atoms with Gasteiger partial charge in [0.1, 0.15) is 12.2 Å². The maximum atomic E-state index is 12.2. The molecule has 3 saturated carbocycles. The Morgan fingerprint density at radius 2 is 2.04 bits per heavy atom. The summed E-state index contributed by atoms with van der Waals surface area (Å²) in [5.74, 6) is -0.380. The number of ketones is 1. The molecule has 5 atom stereocenters. The number of hydrogen-bond acceptors (Lipinski definition) is 5. The van der Waals surface area contributed by atoms with Crippen molar-refractivity contribution >= 4 is 5.78 Å². The first-order valence-electron chi connectivity index (χ1n) is 9.54. The summed E-state index contributed by atoms with van der Waals surface area (Å²) in [7, 11) is 0. The Labute approximate surface area is 154 Å². The average molecular weight is 362 g/mol. The quantitative estimate of drug-likeness (QED) is 0.614. The first-order chi connectivity index (χ1) is 12.2. The van der Waals surface area contributed by atoms with Gasteiger partial charge in [0.15, 0.2) is 5.78 Å². The fraction of sp³-hybridized carbons (Fsp3) is 0.667. The maximum Gasteiger partial charge on any atom is 0.190 e. The van der Waals surface area contributed by atoms with E-state index in [1.165, 1.54) is 5.57 Å². The molecule has 0 aliphatic heterocycles. The molecule has 2 unspecified atom stereocenters. The minimum absolute atomic E-state index is 0.0975. The molecule has 3 aliphatic rings. The van der Waals surface area contributed by atoms with E-state index in [9.17, 15) is 25.2 Å². The van der Waals surface area contributed by atoms with Crippen LogP contribution in [0.15, 0.2) is 35.5 Å². The van der Waals surface area contributed by atoms with Crippen molar-refractivity contribution in [1.29, 1.82) is 0 Å². The number of carbonyl (C=O) groups excluding carboxylic acids is 1. The van der Waals surface area contributed by atoms with Crippen LogP contribution in [0.3, 0.4) is 0 Å². The molecule has 0 bridgehead atoms. The summed E-state index contributed by atoms with van der Waals surface area (Å²) in [5, 5.41) is 40.2. The van der Waals surface area contributed by atoms with Gasteiger partial charge in [-0.2, -0.15) is 0 Å². The Kier molecular flexibility index (Phi) is 5.28. The second-order valence-electron chi connectivity index (χ2n) is 8.37. The van der Waals surface area contributed by atoms with Gasteiger partial charge in [-0.3, -0.25) is 4.79 Å². The SMILES string of the molecule is C=C1/C(=C\C=C2/CCC[C@@]3(C)C2CC[C@]3(O)C(=O)CO)CC(O)C[C@@H]1O. The second kappa shape index (κ2) is 7.04. The van der Waals surface area contributed by atoms with Crippen molar-refractivity contribution in [2.24, 2.45) is 11.3 Å². The van der Waals surface area contributed by atoms with Gasteiger partial charge in [-0.15, -0.1) is 0 Å². The summed E-state index contributed by atoms with van der Waals surface area (Å²) < 4.78 is 0. The lowest BCUT2D eigenvalue weighted by Gasteiger charge is -2.45. The molecule has 0 heterocycles. The fourth-order valence-electron chi connectivity index (χ4n) is 5.31. The number of aliphatic hydroxyl groups excluding tert-OH is 3. The number of aliphatic hydroxyl groups is 4. The molecule has 3 aliphatic carbocycles. The number of carbonyl (C=O) groups is 1. The highest BCUT2D eigenvalue weighted by molar-refractivity contribution is 5.89. The molecular formula is C21H30O5. The fourth-order valence-corrected chi connectivity index (χ4v) is 5.31. The Morgan fingerprint density at radius 3 is 2.73 bits per heavy atom. The van der Waals surface area contributed by atoms with Gasteiger partial charge in [0.05, 0.1) is 12.2 Å². The zero-order valence-electron chi connectivity index (χ0n) is 15.4. The predicted molar refractivity (Wildman–Crippen MR) is 98.3 cm³/mol. The second-order valence-corrected chi connectivity index (χ2v) is 8.37. The van der Waals surface area contributed by atoms with Crippen molar-refractivity contribution in [3.63, 3.8) is 0 Å². The van der Waals surface area contributed by atoms with Crippen molar-refractivity contribution < 1.29 is 25.2 Å². The zero-order valence-corrected chi connectivity index (χ0v) is 15.4. The zero-order chi connectivity index (χ0) is 19.1. The normalized spacial score (nSPS) is 43.7. The van der Waals surface area contributed by atoms with E-state index in [0.29, 0.717) is 24.8 Å². The Hall–Kier alpha value is -1.27. The van der Waals surface area contributed by atoms with Gasteiger partial charge in [-0.1, -0.05) is 31.2 Å². The van der Waals surface area contributed by atoms with E-state index >= 15 is 0 Å². The monoisotopic (exact) mass is 362 g/mol. The van der Waals surface area contributed by atoms with E-state index in [1.807, 2.05) is 19.1 Å². The lowest BCUT2D eigenvalue weighted by Crippen LogP contribution is -2.53.